The highest BCUT2D eigenvalue weighted by molar-refractivity contribution is 5.91. The number of aliphatic hydroxyl groups is 11. The largest absolute Gasteiger partial charge is 0.468 e. The van der Waals surface area contributed by atoms with Crippen LogP contribution in [0.4, 0.5) is 0 Å². The maximum absolute atomic E-state index is 13.6. The van der Waals surface area contributed by atoms with Crippen molar-refractivity contribution >= 4 is 23.9 Å². The van der Waals surface area contributed by atoms with Gasteiger partial charge in [-0.2, -0.15) is 0 Å². The van der Waals surface area contributed by atoms with Crippen LogP contribution in [0.2, 0.25) is 0 Å². The first-order valence-corrected chi connectivity index (χ1v) is 23.7. The number of allylic oxidation sites excluding steroid dienone is 2. The molecule has 75 heavy (non-hydrogen) atoms. The van der Waals surface area contributed by atoms with Crippen molar-refractivity contribution in [3.63, 3.8) is 0 Å². The number of hydrogen-bond acceptors (Lipinski definition) is 27. The summed E-state index contributed by atoms with van der Waals surface area (Å²) in [5.74, 6) is -5.72. The summed E-state index contributed by atoms with van der Waals surface area (Å²) in [4.78, 5) is 52.5. The van der Waals surface area contributed by atoms with Crippen LogP contribution >= 0.6 is 0 Å². The molecule has 0 radical (unpaired) electrons. The highest BCUT2D eigenvalue weighted by Crippen LogP contribution is 2.39. The van der Waals surface area contributed by atoms with Gasteiger partial charge in [0, 0.05) is 23.0 Å². The van der Waals surface area contributed by atoms with E-state index in [4.69, 9.17) is 56.8 Å². The number of rotatable bonds is 19. The predicted molar refractivity (Wildman–Crippen MR) is 243 cm³/mol. The molecule has 1 aromatic rings. The Hall–Kier alpha value is -5.02. The van der Waals surface area contributed by atoms with Crippen LogP contribution < -0.4 is 4.74 Å². The summed E-state index contributed by atoms with van der Waals surface area (Å²) in [5.41, 5.74) is 0.717. The fourth-order valence-corrected chi connectivity index (χ4v) is 8.91. The van der Waals surface area contributed by atoms with Crippen LogP contribution in [0, 0.1) is 11.8 Å². The van der Waals surface area contributed by atoms with Gasteiger partial charge in [-0.3, -0.25) is 9.59 Å². The minimum Gasteiger partial charge on any atom is -0.468 e. The van der Waals surface area contributed by atoms with Crippen LogP contribution in [-0.4, -0.2) is 225 Å². The predicted octanol–water partition coefficient (Wildman–Crippen LogP) is -4.13. The summed E-state index contributed by atoms with van der Waals surface area (Å²) in [6.45, 7) is 0.685. The molecular formula is C48H64O27. The molecule has 0 aliphatic carbocycles. The summed E-state index contributed by atoms with van der Waals surface area (Å²) >= 11 is 0. The summed E-state index contributed by atoms with van der Waals surface area (Å²) in [6.07, 6.45) is -23.5. The van der Waals surface area contributed by atoms with E-state index in [0.29, 0.717) is 5.56 Å². The Morgan fingerprint density at radius 3 is 1.44 bits per heavy atom. The number of aliphatic hydroxyl groups excluding tert-OH is 11. The third kappa shape index (κ3) is 13.6. The number of ether oxygens (including phenoxy) is 12. The Morgan fingerprint density at radius 1 is 0.560 bits per heavy atom. The molecular weight excluding hydrogens is 1010 g/mol. The Labute approximate surface area is 428 Å². The number of carbonyl (C=O) groups excluding carboxylic acids is 4. The van der Waals surface area contributed by atoms with Crippen LogP contribution in [0.5, 0.6) is 5.75 Å². The van der Waals surface area contributed by atoms with Gasteiger partial charge in [0.05, 0.1) is 77.2 Å². The molecule has 0 aromatic heterocycles. The molecule has 27 nitrogen and oxygen atoms in total. The van der Waals surface area contributed by atoms with E-state index in [2.05, 4.69) is 0 Å². The van der Waals surface area contributed by atoms with Gasteiger partial charge in [0.1, 0.15) is 72.9 Å². The molecule has 11 N–H and O–H groups in total. The molecule has 5 aliphatic heterocycles. The highest BCUT2D eigenvalue weighted by Gasteiger charge is 2.51. The fraction of sp³-hybridized carbons (Fsp3) is 0.625. The first-order valence-electron chi connectivity index (χ1n) is 23.7. The topological polar surface area (TPSA) is 402 Å². The van der Waals surface area contributed by atoms with Gasteiger partial charge in [0.2, 0.25) is 12.6 Å². The van der Waals surface area contributed by atoms with Crippen molar-refractivity contribution in [2.45, 2.75) is 138 Å². The second-order valence-corrected chi connectivity index (χ2v) is 17.7. The molecule has 418 valence electrons. The van der Waals surface area contributed by atoms with Crippen molar-refractivity contribution in [1.82, 2.24) is 0 Å². The van der Waals surface area contributed by atoms with Gasteiger partial charge >= 0.3 is 23.9 Å². The molecule has 27 heteroatoms. The van der Waals surface area contributed by atoms with Gasteiger partial charge in [0.25, 0.3) is 0 Å². The van der Waals surface area contributed by atoms with E-state index in [1.807, 2.05) is 0 Å². The minimum atomic E-state index is -1.86. The normalized spacial score (nSPS) is 37.1. The Morgan fingerprint density at radius 2 is 1.00 bits per heavy atom. The molecule has 19 atom stereocenters. The van der Waals surface area contributed by atoms with E-state index in [-0.39, 0.29) is 41.1 Å². The van der Waals surface area contributed by atoms with Crippen molar-refractivity contribution in [3.8, 4) is 5.75 Å². The Bertz CT molecular complexity index is 2230. The molecule has 5 aliphatic rings. The summed E-state index contributed by atoms with van der Waals surface area (Å²) in [5, 5.41) is 113. The van der Waals surface area contributed by atoms with Crippen LogP contribution in [0.25, 0.3) is 0 Å². The summed E-state index contributed by atoms with van der Waals surface area (Å²) in [6, 6.07) is 6.15. The number of benzene rings is 1. The zero-order chi connectivity index (χ0) is 54.8. The second-order valence-electron chi connectivity index (χ2n) is 17.7. The first kappa shape index (κ1) is 59.2. The average molecular weight is 1070 g/mol. The highest BCUT2D eigenvalue weighted by atomic mass is 16.8. The molecule has 5 heterocycles. The number of hydrogen-bond donors (Lipinski definition) is 11. The molecule has 0 spiro atoms. The van der Waals surface area contributed by atoms with Crippen molar-refractivity contribution < 1.29 is 132 Å². The minimum absolute atomic E-state index is 0.0730. The van der Waals surface area contributed by atoms with Crippen LogP contribution in [-0.2, 0) is 77.7 Å². The van der Waals surface area contributed by atoms with E-state index < -0.39 is 173 Å². The van der Waals surface area contributed by atoms with Gasteiger partial charge in [-0.05, 0) is 38.0 Å². The summed E-state index contributed by atoms with van der Waals surface area (Å²) in [7, 11) is 2.21. The Balaban J connectivity index is 1.02. The molecule has 0 bridgehead atoms. The van der Waals surface area contributed by atoms with Crippen molar-refractivity contribution in [2.75, 3.05) is 40.6 Å². The molecule has 1 aromatic carbocycles. The molecule has 3 saturated heterocycles. The zero-order valence-electron chi connectivity index (χ0n) is 41.0. The molecule has 6 rings (SSSR count). The molecule has 0 amide bonds. The van der Waals surface area contributed by atoms with Crippen molar-refractivity contribution in [1.29, 1.82) is 0 Å². The van der Waals surface area contributed by atoms with Gasteiger partial charge in [0.15, 0.2) is 25.0 Å². The van der Waals surface area contributed by atoms with E-state index >= 15 is 0 Å². The second kappa shape index (κ2) is 26.8. The fourth-order valence-electron chi connectivity index (χ4n) is 8.91. The van der Waals surface area contributed by atoms with Crippen LogP contribution in [0.3, 0.4) is 0 Å². The van der Waals surface area contributed by atoms with Gasteiger partial charge < -0.3 is 113 Å². The summed E-state index contributed by atoms with van der Waals surface area (Å²) < 4.78 is 65.9. The van der Waals surface area contributed by atoms with E-state index in [0.717, 1.165) is 26.7 Å². The quantitative estimate of drug-likeness (QED) is 0.0271. The Kier molecular flexibility index (Phi) is 21.2. The van der Waals surface area contributed by atoms with Crippen LogP contribution in [0.1, 0.15) is 32.3 Å². The third-order valence-electron chi connectivity index (χ3n) is 13.1. The maximum atomic E-state index is 13.6. The van der Waals surface area contributed by atoms with Gasteiger partial charge in [-0.15, -0.1) is 0 Å². The van der Waals surface area contributed by atoms with Gasteiger partial charge in [-0.25, -0.2) is 9.59 Å². The first-order chi connectivity index (χ1) is 35.8. The lowest BCUT2D eigenvalue weighted by Crippen LogP contribution is -2.60. The van der Waals surface area contributed by atoms with E-state index in [1.54, 1.807) is 19.1 Å². The van der Waals surface area contributed by atoms with Crippen molar-refractivity contribution in [2.24, 2.45) is 11.8 Å². The lowest BCUT2D eigenvalue weighted by atomic mass is 9.86. The lowest BCUT2D eigenvalue weighted by Gasteiger charge is -2.42. The monoisotopic (exact) mass is 1070 g/mol. The SMILES string of the molecule is CC=C1[C@H](O[C@@H]2O[C@H](CO)[C@@H](O)[C@H](O)[C@H]2O)OC=C(C(=O)OC)[C@H]1CC(=O)Oc1ccc(CCO[C@@H]2O[C@H](CO)[C@@H](OC(=O)C[C@@H]3C(C(=O)OC)=CO[C@@H](O[C@@H]4O[C@H](CO)[C@@H](O)[C@H](O)[C@H]4O)C3=CC)[C@H](O)[C@H]2O)cc1. The average Bonchev–Trinajstić information content (AvgIpc) is 3.40. The van der Waals surface area contributed by atoms with Gasteiger partial charge in [-0.1, -0.05) is 24.3 Å². The van der Waals surface area contributed by atoms with E-state index in [1.165, 1.54) is 31.2 Å². The third-order valence-corrected chi connectivity index (χ3v) is 13.1. The zero-order valence-corrected chi connectivity index (χ0v) is 41.0. The standard InChI is InChI=1S/C48H64O27/c1-5-22-24(26(42(62)64-3)18-67-44(22)74-47-38(59)35(56)33(54)28(15-49)70-47)13-31(52)69-21-9-7-20(8-10-21)11-12-66-46-40(61)37(58)41(30(17-51)72-46)73-32(53)14-25-23(6-2)45(68-19-27(25)43(63)65-4)75-48-39(60)36(57)34(55)29(16-50)71-48/h5-10,18-19,24-25,28-30,33-41,44-51,54-61H,11-17H2,1-4H3/t24-,25-,28+,29+,30+,33+,34+,35-,36-,37+,38+,39+,40+,41+,44-,45-,46+,47-,48-/m0/s1. The smallest absolute Gasteiger partial charge is 0.337 e. The lowest BCUT2D eigenvalue weighted by molar-refractivity contribution is -0.327. The maximum Gasteiger partial charge on any atom is 0.337 e. The number of carbonyl (C=O) groups is 4. The molecule has 0 unspecified atom stereocenters. The van der Waals surface area contributed by atoms with Crippen molar-refractivity contribution in [3.05, 3.63) is 76.8 Å². The number of methoxy groups -OCH3 is 2. The molecule has 3 fully saturated rings. The van der Waals surface area contributed by atoms with Crippen LogP contribution in [0.15, 0.2) is 71.2 Å². The number of esters is 4. The molecule has 0 saturated carbocycles. The van der Waals surface area contributed by atoms with E-state index in [9.17, 15) is 75.3 Å².